The fourth-order valence-corrected chi connectivity index (χ4v) is 2.78. The topological polar surface area (TPSA) is 94.1 Å². The van der Waals surface area contributed by atoms with E-state index in [1.54, 1.807) is 6.07 Å². The number of aryl methyl sites for hydroxylation is 1. The summed E-state index contributed by atoms with van der Waals surface area (Å²) in [5.74, 6) is 0.508. The van der Waals surface area contributed by atoms with Crippen LogP contribution in [0, 0.1) is 10.1 Å². The van der Waals surface area contributed by atoms with Crippen LogP contribution in [-0.4, -0.2) is 9.91 Å². The van der Waals surface area contributed by atoms with Gasteiger partial charge in [0.2, 0.25) is 5.82 Å². The standard InChI is InChI=1S/C15H16N4O2/c16-15-13(19(20)21)8-9-14(18-15)17-12-7-3-5-10-4-1-2-6-11(10)12/h1-2,4,6,8-9,12H,3,5,7H2,(H3,16,17,18). The third-order valence-electron chi connectivity index (χ3n) is 3.79. The minimum Gasteiger partial charge on any atom is -0.378 e. The summed E-state index contributed by atoms with van der Waals surface area (Å²) in [6, 6.07) is 11.5. The van der Waals surface area contributed by atoms with Gasteiger partial charge in [0.1, 0.15) is 5.82 Å². The second-order valence-electron chi connectivity index (χ2n) is 5.15. The molecule has 0 spiro atoms. The molecule has 1 aromatic heterocycles. The number of nitro groups is 1. The van der Waals surface area contributed by atoms with Crippen molar-refractivity contribution in [2.75, 3.05) is 11.1 Å². The van der Waals surface area contributed by atoms with E-state index in [4.69, 9.17) is 5.73 Å². The lowest BCUT2D eigenvalue weighted by molar-refractivity contribution is -0.384. The van der Waals surface area contributed by atoms with Crippen molar-refractivity contribution >= 4 is 17.3 Å². The predicted molar refractivity (Wildman–Crippen MR) is 81.0 cm³/mol. The van der Waals surface area contributed by atoms with E-state index in [2.05, 4.69) is 22.4 Å². The number of nitrogens with two attached hydrogens (primary N) is 1. The van der Waals surface area contributed by atoms with Crippen LogP contribution in [0.4, 0.5) is 17.3 Å². The Morgan fingerprint density at radius 2 is 2.10 bits per heavy atom. The van der Waals surface area contributed by atoms with Crippen molar-refractivity contribution in [1.82, 2.24) is 4.98 Å². The number of hydrogen-bond donors (Lipinski definition) is 2. The smallest absolute Gasteiger partial charge is 0.311 e. The average molecular weight is 284 g/mol. The fourth-order valence-electron chi connectivity index (χ4n) is 2.78. The predicted octanol–water partition coefficient (Wildman–Crippen LogP) is 3.06. The third-order valence-corrected chi connectivity index (χ3v) is 3.79. The molecular weight excluding hydrogens is 268 g/mol. The molecule has 2 aromatic rings. The monoisotopic (exact) mass is 284 g/mol. The number of rotatable bonds is 3. The Hall–Kier alpha value is -2.63. The van der Waals surface area contributed by atoms with E-state index in [0.717, 1.165) is 19.3 Å². The second kappa shape index (κ2) is 5.40. The molecule has 1 unspecified atom stereocenters. The molecule has 1 aliphatic carbocycles. The molecular formula is C15H16N4O2. The third kappa shape index (κ3) is 2.65. The quantitative estimate of drug-likeness (QED) is 0.667. The van der Waals surface area contributed by atoms with Crippen LogP contribution in [0.25, 0.3) is 0 Å². The van der Waals surface area contributed by atoms with Crippen LogP contribution in [0.5, 0.6) is 0 Å². The van der Waals surface area contributed by atoms with E-state index in [9.17, 15) is 10.1 Å². The number of nitrogen functional groups attached to an aromatic ring is 1. The number of hydrogen-bond acceptors (Lipinski definition) is 5. The molecule has 21 heavy (non-hydrogen) atoms. The molecule has 6 heteroatoms. The Kier molecular flexibility index (Phi) is 3.43. The minimum absolute atomic E-state index is 0.0610. The fraction of sp³-hybridized carbons (Fsp3) is 0.267. The SMILES string of the molecule is Nc1nc(NC2CCCc3ccccc32)ccc1[N+](=O)[O-]. The van der Waals surface area contributed by atoms with Gasteiger partial charge in [0.25, 0.3) is 0 Å². The zero-order valence-corrected chi connectivity index (χ0v) is 11.5. The number of fused-ring (bicyclic) bond motifs is 1. The van der Waals surface area contributed by atoms with Crippen molar-refractivity contribution < 1.29 is 4.92 Å². The van der Waals surface area contributed by atoms with Gasteiger partial charge in [-0.3, -0.25) is 10.1 Å². The van der Waals surface area contributed by atoms with Crippen molar-refractivity contribution in [3.8, 4) is 0 Å². The van der Waals surface area contributed by atoms with Gasteiger partial charge in [0, 0.05) is 6.07 Å². The van der Waals surface area contributed by atoms with Crippen molar-refractivity contribution in [2.45, 2.75) is 25.3 Å². The first-order valence-corrected chi connectivity index (χ1v) is 6.90. The van der Waals surface area contributed by atoms with Crippen molar-refractivity contribution in [1.29, 1.82) is 0 Å². The molecule has 0 amide bonds. The van der Waals surface area contributed by atoms with Crippen LogP contribution in [0.15, 0.2) is 36.4 Å². The van der Waals surface area contributed by atoms with Gasteiger partial charge in [0.15, 0.2) is 0 Å². The summed E-state index contributed by atoms with van der Waals surface area (Å²) in [6.07, 6.45) is 3.21. The first-order chi connectivity index (χ1) is 10.1. The zero-order valence-electron chi connectivity index (χ0n) is 11.5. The number of nitrogens with zero attached hydrogens (tertiary/aromatic N) is 2. The largest absolute Gasteiger partial charge is 0.378 e. The van der Waals surface area contributed by atoms with Gasteiger partial charge >= 0.3 is 5.69 Å². The maximum absolute atomic E-state index is 10.8. The summed E-state index contributed by atoms with van der Waals surface area (Å²) in [7, 11) is 0. The molecule has 1 heterocycles. The Bertz CT molecular complexity index is 687. The molecule has 6 nitrogen and oxygen atoms in total. The number of anilines is 2. The van der Waals surface area contributed by atoms with E-state index in [1.807, 2.05) is 12.1 Å². The van der Waals surface area contributed by atoms with Crippen LogP contribution in [0.1, 0.15) is 30.0 Å². The molecule has 108 valence electrons. The van der Waals surface area contributed by atoms with Crippen LogP contribution in [0.3, 0.4) is 0 Å². The molecule has 0 bridgehead atoms. The van der Waals surface area contributed by atoms with Gasteiger partial charge in [-0.1, -0.05) is 24.3 Å². The Morgan fingerprint density at radius 3 is 2.86 bits per heavy atom. The van der Waals surface area contributed by atoms with Gasteiger partial charge in [-0.25, -0.2) is 4.98 Å². The van der Waals surface area contributed by atoms with Gasteiger partial charge in [-0.2, -0.15) is 0 Å². The first-order valence-electron chi connectivity index (χ1n) is 6.90. The highest BCUT2D eigenvalue weighted by atomic mass is 16.6. The van der Waals surface area contributed by atoms with Crippen molar-refractivity contribution in [3.05, 3.63) is 57.6 Å². The molecule has 0 aliphatic heterocycles. The molecule has 3 rings (SSSR count). The lowest BCUT2D eigenvalue weighted by Crippen LogP contribution is -2.18. The van der Waals surface area contributed by atoms with Gasteiger partial charge in [0.05, 0.1) is 11.0 Å². The molecule has 1 aromatic carbocycles. The summed E-state index contributed by atoms with van der Waals surface area (Å²) in [5.41, 5.74) is 8.08. The highest BCUT2D eigenvalue weighted by molar-refractivity contribution is 5.57. The lowest BCUT2D eigenvalue weighted by Gasteiger charge is -2.26. The summed E-state index contributed by atoms with van der Waals surface area (Å²) in [4.78, 5) is 14.3. The molecule has 0 saturated carbocycles. The van der Waals surface area contributed by atoms with Crippen LogP contribution >= 0.6 is 0 Å². The van der Waals surface area contributed by atoms with Crippen LogP contribution < -0.4 is 11.1 Å². The zero-order chi connectivity index (χ0) is 14.8. The average Bonchev–Trinajstić information content (AvgIpc) is 2.47. The number of benzene rings is 1. The number of nitrogens with one attached hydrogen (secondary N) is 1. The maximum Gasteiger partial charge on any atom is 0.311 e. The normalized spacial score (nSPS) is 17.0. The molecule has 0 radical (unpaired) electrons. The summed E-state index contributed by atoms with van der Waals surface area (Å²) in [5, 5.41) is 14.1. The molecule has 0 fully saturated rings. The highest BCUT2D eigenvalue weighted by Gasteiger charge is 2.21. The summed E-state index contributed by atoms with van der Waals surface area (Å²) >= 11 is 0. The maximum atomic E-state index is 10.8. The van der Waals surface area contributed by atoms with Gasteiger partial charge in [-0.05, 0) is 36.5 Å². The highest BCUT2D eigenvalue weighted by Crippen LogP contribution is 2.32. The number of aromatic nitrogens is 1. The molecule has 3 N–H and O–H groups in total. The molecule has 1 atom stereocenters. The Morgan fingerprint density at radius 1 is 1.29 bits per heavy atom. The minimum atomic E-state index is -0.526. The van der Waals surface area contributed by atoms with Crippen LogP contribution in [0.2, 0.25) is 0 Å². The summed E-state index contributed by atoms with van der Waals surface area (Å²) < 4.78 is 0. The Balaban J connectivity index is 1.85. The van der Waals surface area contributed by atoms with Crippen molar-refractivity contribution in [3.63, 3.8) is 0 Å². The van der Waals surface area contributed by atoms with E-state index in [0.29, 0.717) is 5.82 Å². The number of pyridine rings is 1. The van der Waals surface area contributed by atoms with E-state index < -0.39 is 4.92 Å². The summed E-state index contributed by atoms with van der Waals surface area (Å²) in [6.45, 7) is 0. The second-order valence-corrected chi connectivity index (χ2v) is 5.15. The van der Waals surface area contributed by atoms with Crippen LogP contribution in [-0.2, 0) is 6.42 Å². The van der Waals surface area contributed by atoms with Crippen molar-refractivity contribution in [2.24, 2.45) is 0 Å². The van der Waals surface area contributed by atoms with E-state index >= 15 is 0 Å². The van der Waals surface area contributed by atoms with Gasteiger partial charge in [-0.15, -0.1) is 0 Å². The molecule has 1 aliphatic rings. The van der Waals surface area contributed by atoms with E-state index in [-0.39, 0.29) is 17.5 Å². The van der Waals surface area contributed by atoms with Gasteiger partial charge < -0.3 is 11.1 Å². The Labute approximate surface area is 122 Å². The van der Waals surface area contributed by atoms with E-state index in [1.165, 1.54) is 17.2 Å². The molecule has 0 saturated heterocycles. The first kappa shape index (κ1) is 13.4. The lowest BCUT2D eigenvalue weighted by atomic mass is 9.88.